The molecule has 0 fully saturated rings. The van der Waals surface area contributed by atoms with Crippen molar-refractivity contribution in [2.45, 2.75) is 92.4 Å². The van der Waals surface area contributed by atoms with Gasteiger partial charge in [-0.2, -0.15) is 0 Å². The summed E-state index contributed by atoms with van der Waals surface area (Å²) >= 11 is 0. The Labute approximate surface area is 217 Å². The quantitative estimate of drug-likeness (QED) is 0.0650. The van der Waals surface area contributed by atoms with Crippen molar-refractivity contribution in [1.29, 1.82) is 0 Å². The van der Waals surface area contributed by atoms with E-state index < -0.39 is 29.6 Å². The highest BCUT2D eigenvalue weighted by Gasteiger charge is 2.36. The van der Waals surface area contributed by atoms with E-state index in [9.17, 15) is 19.2 Å². The second kappa shape index (κ2) is 21.6. The molecule has 0 rings (SSSR count). The second-order valence-corrected chi connectivity index (χ2v) is 9.04. The number of hydrogen-bond acceptors (Lipinski definition) is 7. The molecule has 0 amide bonds. The van der Waals surface area contributed by atoms with Crippen LogP contribution in [0.2, 0.25) is 0 Å². The molecule has 0 aromatic heterocycles. The monoisotopic (exact) mass is 506 g/mol. The number of ketones is 1. The summed E-state index contributed by atoms with van der Waals surface area (Å²) in [6.07, 6.45) is 14.7. The molecular weight excluding hydrogens is 460 g/mol. The van der Waals surface area contributed by atoms with Crippen LogP contribution in [0.4, 0.5) is 0 Å². The third-order valence-corrected chi connectivity index (χ3v) is 5.32. The molecule has 1 atom stereocenters. The largest absolute Gasteiger partial charge is 0.466 e. The Kier molecular flexibility index (Phi) is 20.0. The molecular formula is C29H46O7. The standard InChI is InChI=1S/C29H46O7/c1-6-8-10-12-20-35-28(32)27(29(33)36-21-13-11-9-7-2)25(30)17-18-26(31)34-22-19-24(5)16-14-15-23(3)4/h8-11,15,24,27H,6-7,12-14,16-22H2,1-5H3. The topological polar surface area (TPSA) is 96.0 Å². The summed E-state index contributed by atoms with van der Waals surface area (Å²) in [5.74, 6) is -4.42. The summed E-state index contributed by atoms with van der Waals surface area (Å²) in [6.45, 7) is 10.6. The Morgan fingerprint density at radius 1 is 0.694 bits per heavy atom. The minimum atomic E-state index is -1.70. The van der Waals surface area contributed by atoms with E-state index in [0.29, 0.717) is 18.8 Å². The number of carbonyl (C=O) groups excluding carboxylic acids is 4. The third-order valence-electron chi connectivity index (χ3n) is 5.32. The molecule has 204 valence electrons. The van der Waals surface area contributed by atoms with Crippen molar-refractivity contribution in [2.24, 2.45) is 11.8 Å². The zero-order chi connectivity index (χ0) is 27.2. The minimum Gasteiger partial charge on any atom is -0.466 e. The highest BCUT2D eigenvalue weighted by Crippen LogP contribution is 2.14. The lowest BCUT2D eigenvalue weighted by Crippen LogP contribution is -2.35. The van der Waals surface area contributed by atoms with Gasteiger partial charge in [0.05, 0.1) is 26.2 Å². The Hall–Kier alpha value is -2.70. The van der Waals surface area contributed by atoms with Gasteiger partial charge in [0.2, 0.25) is 5.92 Å². The van der Waals surface area contributed by atoms with E-state index in [1.165, 1.54) is 5.57 Å². The van der Waals surface area contributed by atoms with Gasteiger partial charge in [0.15, 0.2) is 5.78 Å². The normalized spacial score (nSPS) is 12.8. The van der Waals surface area contributed by atoms with Gasteiger partial charge in [-0.1, -0.05) is 56.7 Å². The first-order valence-corrected chi connectivity index (χ1v) is 13.2. The smallest absolute Gasteiger partial charge is 0.328 e. The predicted molar refractivity (Wildman–Crippen MR) is 141 cm³/mol. The van der Waals surface area contributed by atoms with Gasteiger partial charge in [0.25, 0.3) is 0 Å². The Balaban J connectivity index is 4.73. The van der Waals surface area contributed by atoms with Crippen molar-refractivity contribution in [2.75, 3.05) is 19.8 Å². The number of esters is 3. The zero-order valence-corrected chi connectivity index (χ0v) is 22.9. The van der Waals surface area contributed by atoms with Crippen LogP contribution in [-0.2, 0) is 33.4 Å². The second-order valence-electron chi connectivity index (χ2n) is 9.04. The predicted octanol–water partition coefficient (Wildman–Crippen LogP) is 6.07. The number of carbonyl (C=O) groups is 4. The fourth-order valence-electron chi connectivity index (χ4n) is 3.17. The van der Waals surface area contributed by atoms with Gasteiger partial charge in [-0.3, -0.25) is 19.2 Å². The van der Waals surface area contributed by atoms with Crippen molar-refractivity contribution in [3.05, 3.63) is 36.0 Å². The number of allylic oxidation sites excluding steroid dienone is 4. The van der Waals surface area contributed by atoms with Gasteiger partial charge in [0, 0.05) is 6.42 Å². The van der Waals surface area contributed by atoms with Crippen LogP contribution in [0.3, 0.4) is 0 Å². The van der Waals surface area contributed by atoms with Crippen molar-refractivity contribution >= 4 is 23.7 Å². The SMILES string of the molecule is CCC=CCCOC(=O)C(C(=O)CCC(=O)OCCC(C)CCC=C(C)C)C(=O)OCCC=CCC. The molecule has 0 spiro atoms. The molecule has 0 radical (unpaired) electrons. The van der Waals surface area contributed by atoms with E-state index in [-0.39, 0.29) is 32.7 Å². The number of rotatable bonds is 20. The van der Waals surface area contributed by atoms with Crippen LogP contribution in [-0.4, -0.2) is 43.5 Å². The average molecular weight is 507 g/mol. The van der Waals surface area contributed by atoms with Crippen LogP contribution in [0, 0.1) is 11.8 Å². The number of Topliss-reactive ketones (excluding diaryl/α,β-unsaturated/α-hetero) is 1. The van der Waals surface area contributed by atoms with Gasteiger partial charge in [-0.05, 0) is 64.7 Å². The first-order valence-electron chi connectivity index (χ1n) is 13.2. The van der Waals surface area contributed by atoms with Gasteiger partial charge in [-0.15, -0.1) is 0 Å². The first kappa shape index (κ1) is 33.3. The molecule has 7 heteroatoms. The van der Waals surface area contributed by atoms with E-state index in [1.807, 2.05) is 38.2 Å². The fourth-order valence-corrected chi connectivity index (χ4v) is 3.17. The van der Waals surface area contributed by atoms with Crippen LogP contribution in [0.25, 0.3) is 0 Å². The van der Waals surface area contributed by atoms with Crippen molar-refractivity contribution in [3.63, 3.8) is 0 Å². The van der Waals surface area contributed by atoms with Crippen molar-refractivity contribution < 1.29 is 33.4 Å². The van der Waals surface area contributed by atoms with Crippen LogP contribution in [0.15, 0.2) is 36.0 Å². The maximum atomic E-state index is 12.7. The lowest BCUT2D eigenvalue weighted by atomic mass is 10.0. The van der Waals surface area contributed by atoms with Crippen LogP contribution >= 0.6 is 0 Å². The molecule has 1 unspecified atom stereocenters. The molecule has 0 heterocycles. The number of hydrogen-bond donors (Lipinski definition) is 0. The van der Waals surface area contributed by atoms with Gasteiger partial charge >= 0.3 is 17.9 Å². The Bertz CT molecular complexity index is 713. The Morgan fingerprint density at radius 3 is 1.75 bits per heavy atom. The summed E-state index contributed by atoms with van der Waals surface area (Å²) in [7, 11) is 0. The molecule has 0 aromatic carbocycles. The maximum absolute atomic E-state index is 12.7. The lowest BCUT2D eigenvalue weighted by molar-refractivity contribution is -0.165. The van der Waals surface area contributed by atoms with E-state index >= 15 is 0 Å². The zero-order valence-electron chi connectivity index (χ0n) is 22.9. The number of ether oxygens (including phenoxy) is 3. The molecule has 0 aliphatic carbocycles. The van der Waals surface area contributed by atoms with E-state index in [1.54, 1.807) is 0 Å². The third kappa shape index (κ3) is 17.7. The molecule has 0 bridgehead atoms. The molecule has 0 saturated carbocycles. The summed E-state index contributed by atoms with van der Waals surface area (Å²) in [4.78, 5) is 49.8. The summed E-state index contributed by atoms with van der Waals surface area (Å²) in [5.41, 5.74) is 1.28. The van der Waals surface area contributed by atoms with Gasteiger partial charge in [0.1, 0.15) is 0 Å². The molecule has 0 N–H and O–H groups in total. The summed E-state index contributed by atoms with van der Waals surface area (Å²) in [5, 5.41) is 0. The summed E-state index contributed by atoms with van der Waals surface area (Å²) in [6, 6.07) is 0. The maximum Gasteiger partial charge on any atom is 0.328 e. The van der Waals surface area contributed by atoms with Gasteiger partial charge in [-0.25, -0.2) is 0 Å². The average Bonchev–Trinajstić information content (AvgIpc) is 2.82. The summed E-state index contributed by atoms with van der Waals surface area (Å²) < 4.78 is 15.5. The molecule has 0 aliphatic heterocycles. The molecule has 0 saturated heterocycles. The first-order chi connectivity index (χ1) is 17.2. The molecule has 7 nitrogen and oxygen atoms in total. The van der Waals surface area contributed by atoms with Crippen LogP contribution < -0.4 is 0 Å². The van der Waals surface area contributed by atoms with Crippen LogP contribution in [0.1, 0.15) is 92.4 Å². The highest BCUT2D eigenvalue weighted by molar-refractivity contribution is 6.15. The fraction of sp³-hybridized carbons (Fsp3) is 0.655. The highest BCUT2D eigenvalue weighted by atomic mass is 16.6. The van der Waals surface area contributed by atoms with E-state index in [4.69, 9.17) is 14.2 Å². The van der Waals surface area contributed by atoms with Crippen molar-refractivity contribution in [3.8, 4) is 0 Å². The molecule has 0 aromatic rings. The van der Waals surface area contributed by atoms with E-state index in [0.717, 1.165) is 32.1 Å². The Morgan fingerprint density at radius 2 is 1.25 bits per heavy atom. The molecule has 0 aliphatic rings. The van der Waals surface area contributed by atoms with Crippen LogP contribution in [0.5, 0.6) is 0 Å². The van der Waals surface area contributed by atoms with Crippen molar-refractivity contribution in [1.82, 2.24) is 0 Å². The molecule has 36 heavy (non-hydrogen) atoms. The lowest BCUT2D eigenvalue weighted by Gasteiger charge is -2.14. The van der Waals surface area contributed by atoms with E-state index in [2.05, 4.69) is 26.8 Å². The van der Waals surface area contributed by atoms with Gasteiger partial charge < -0.3 is 14.2 Å². The minimum absolute atomic E-state index is 0.0550.